The van der Waals surface area contributed by atoms with Crippen LogP contribution in [0.3, 0.4) is 0 Å². The van der Waals surface area contributed by atoms with E-state index in [4.69, 9.17) is 11.6 Å². The van der Waals surface area contributed by atoms with Crippen molar-refractivity contribution in [3.8, 4) is 0 Å². The van der Waals surface area contributed by atoms with Crippen molar-refractivity contribution in [2.75, 3.05) is 0 Å². The Bertz CT molecular complexity index is 395. The molecule has 100 valence electrons. The Hall–Kier alpha value is -0.340. The molecule has 17 heavy (non-hydrogen) atoms. The second kappa shape index (κ2) is 5.11. The first kappa shape index (κ1) is 14.7. The highest BCUT2D eigenvalue weighted by Gasteiger charge is 2.48. The second-order valence-corrected chi connectivity index (χ2v) is 5.95. The molecule has 4 nitrogen and oxygen atoms in total. The van der Waals surface area contributed by atoms with Crippen molar-refractivity contribution in [3.05, 3.63) is 0 Å². The van der Waals surface area contributed by atoms with Gasteiger partial charge in [-0.05, 0) is 24.4 Å². The van der Waals surface area contributed by atoms with E-state index in [-0.39, 0.29) is 6.42 Å². The highest BCUT2D eigenvalue weighted by molar-refractivity contribution is 7.90. The van der Waals surface area contributed by atoms with Crippen molar-refractivity contribution in [2.45, 2.75) is 37.2 Å². The molecule has 0 aliphatic heterocycles. The maximum Gasteiger partial charge on any atom is 0.511 e. The van der Waals surface area contributed by atoms with Crippen LogP contribution in [0.1, 0.15) is 25.7 Å². The van der Waals surface area contributed by atoms with Crippen molar-refractivity contribution in [1.82, 2.24) is 4.72 Å². The standard InChI is InChI=1S/C8H11ClF3NO3S/c9-7(14)5-3-1-2-4-6(5)13-17(15,16)8(10,11)12/h5-6,13H,1-4H2. The molecule has 2 unspecified atom stereocenters. The van der Waals surface area contributed by atoms with E-state index in [0.29, 0.717) is 19.3 Å². The fourth-order valence-corrected chi connectivity index (χ4v) is 2.89. The van der Waals surface area contributed by atoms with E-state index < -0.39 is 32.7 Å². The highest BCUT2D eigenvalue weighted by Crippen LogP contribution is 2.29. The zero-order valence-electron chi connectivity index (χ0n) is 8.63. The number of hydrogen-bond acceptors (Lipinski definition) is 3. The van der Waals surface area contributed by atoms with Crippen molar-refractivity contribution < 1.29 is 26.4 Å². The minimum absolute atomic E-state index is 0.179. The zero-order chi connectivity index (χ0) is 13.3. The molecule has 0 aromatic rings. The van der Waals surface area contributed by atoms with Gasteiger partial charge in [0.15, 0.2) is 0 Å². The number of nitrogens with one attached hydrogen (secondary N) is 1. The van der Waals surface area contributed by atoms with E-state index in [9.17, 15) is 26.4 Å². The van der Waals surface area contributed by atoms with Crippen LogP contribution in [0.4, 0.5) is 13.2 Å². The number of alkyl halides is 3. The third-order valence-electron chi connectivity index (χ3n) is 2.67. The molecule has 0 spiro atoms. The van der Waals surface area contributed by atoms with Crippen LogP contribution >= 0.6 is 11.6 Å². The largest absolute Gasteiger partial charge is 0.511 e. The summed E-state index contributed by atoms with van der Waals surface area (Å²) in [5, 5.41) is -0.806. The van der Waals surface area contributed by atoms with Gasteiger partial charge in [0.05, 0.1) is 0 Å². The molecule has 0 heterocycles. The van der Waals surface area contributed by atoms with Crippen molar-refractivity contribution >= 4 is 26.9 Å². The Morgan fingerprint density at radius 3 is 2.24 bits per heavy atom. The number of hydrogen-bond donors (Lipinski definition) is 1. The lowest BCUT2D eigenvalue weighted by atomic mass is 9.86. The molecular formula is C8H11ClF3NO3S. The van der Waals surface area contributed by atoms with E-state index >= 15 is 0 Å². The minimum atomic E-state index is -5.42. The SMILES string of the molecule is O=C(Cl)C1CCCCC1NS(=O)(=O)C(F)(F)F. The summed E-state index contributed by atoms with van der Waals surface area (Å²) < 4.78 is 59.7. The van der Waals surface area contributed by atoms with Crippen LogP contribution in [-0.4, -0.2) is 25.2 Å². The molecule has 0 amide bonds. The summed E-state index contributed by atoms with van der Waals surface area (Å²) >= 11 is 5.24. The third kappa shape index (κ3) is 3.56. The Labute approximate surface area is 102 Å². The maximum absolute atomic E-state index is 12.1. The summed E-state index contributed by atoms with van der Waals surface area (Å²) in [6.45, 7) is 0. The molecule has 0 aromatic heterocycles. The lowest BCUT2D eigenvalue weighted by Gasteiger charge is -2.29. The Morgan fingerprint density at radius 2 is 1.76 bits per heavy atom. The highest BCUT2D eigenvalue weighted by atomic mass is 35.5. The summed E-state index contributed by atoms with van der Waals surface area (Å²) in [6, 6.07) is -1.07. The van der Waals surface area contributed by atoms with Crippen LogP contribution in [0.2, 0.25) is 0 Å². The molecule has 1 saturated carbocycles. The summed E-state index contributed by atoms with van der Waals surface area (Å²) in [4.78, 5) is 11.0. The predicted octanol–water partition coefficient (Wildman–Crippen LogP) is 1.75. The predicted molar refractivity (Wildman–Crippen MR) is 54.7 cm³/mol. The van der Waals surface area contributed by atoms with Gasteiger partial charge in [-0.15, -0.1) is 0 Å². The van der Waals surface area contributed by atoms with Gasteiger partial charge < -0.3 is 0 Å². The fraction of sp³-hybridized carbons (Fsp3) is 0.875. The van der Waals surface area contributed by atoms with Crippen LogP contribution in [0.15, 0.2) is 0 Å². The van der Waals surface area contributed by atoms with Gasteiger partial charge in [0.25, 0.3) is 0 Å². The maximum atomic E-state index is 12.1. The van der Waals surface area contributed by atoms with Gasteiger partial charge in [0.1, 0.15) is 0 Å². The summed E-state index contributed by atoms with van der Waals surface area (Å²) in [6.07, 6.45) is 1.69. The van der Waals surface area contributed by atoms with Crippen molar-refractivity contribution in [2.24, 2.45) is 5.92 Å². The normalized spacial score (nSPS) is 26.8. The molecule has 0 saturated heterocycles. The fourth-order valence-electron chi connectivity index (χ4n) is 1.81. The molecule has 1 fully saturated rings. The van der Waals surface area contributed by atoms with Crippen LogP contribution in [-0.2, 0) is 14.8 Å². The number of sulfonamides is 1. The van der Waals surface area contributed by atoms with E-state index in [1.165, 1.54) is 4.72 Å². The first-order valence-corrected chi connectivity index (χ1v) is 6.79. The van der Waals surface area contributed by atoms with E-state index in [1.807, 2.05) is 0 Å². The van der Waals surface area contributed by atoms with Gasteiger partial charge in [-0.3, -0.25) is 4.79 Å². The van der Waals surface area contributed by atoms with Crippen LogP contribution in [0, 0.1) is 5.92 Å². The Balaban J connectivity index is 2.82. The number of rotatable bonds is 3. The van der Waals surface area contributed by atoms with Gasteiger partial charge in [-0.25, -0.2) is 13.1 Å². The van der Waals surface area contributed by atoms with E-state index in [1.54, 1.807) is 0 Å². The summed E-state index contributed by atoms with van der Waals surface area (Å²) in [7, 11) is -5.42. The van der Waals surface area contributed by atoms with Crippen LogP contribution < -0.4 is 4.72 Å². The molecule has 1 aliphatic rings. The average Bonchev–Trinajstić information content (AvgIpc) is 2.15. The lowest BCUT2D eigenvalue weighted by molar-refractivity contribution is -0.116. The molecule has 0 bridgehead atoms. The van der Waals surface area contributed by atoms with E-state index in [0.717, 1.165) is 0 Å². The summed E-state index contributed by atoms with van der Waals surface area (Å²) in [5.74, 6) is -0.887. The molecule has 9 heteroatoms. The van der Waals surface area contributed by atoms with Gasteiger partial charge in [-0.1, -0.05) is 12.8 Å². The minimum Gasteiger partial charge on any atom is -0.281 e. The van der Waals surface area contributed by atoms with Crippen LogP contribution in [0.25, 0.3) is 0 Å². The molecule has 0 aromatic carbocycles. The van der Waals surface area contributed by atoms with Crippen molar-refractivity contribution in [3.63, 3.8) is 0 Å². The first-order chi connectivity index (χ1) is 7.65. The van der Waals surface area contributed by atoms with Crippen molar-refractivity contribution in [1.29, 1.82) is 0 Å². The molecule has 1 aliphatic carbocycles. The van der Waals surface area contributed by atoms with Gasteiger partial charge in [-0.2, -0.15) is 13.2 Å². The molecular weight excluding hydrogens is 283 g/mol. The van der Waals surface area contributed by atoms with Gasteiger partial charge in [0.2, 0.25) is 5.24 Å². The average molecular weight is 294 g/mol. The van der Waals surface area contributed by atoms with Gasteiger partial charge >= 0.3 is 15.5 Å². The number of halogens is 4. The first-order valence-electron chi connectivity index (χ1n) is 4.93. The topological polar surface area (TPSA) is 63.2 Å². The zero-order valence-corrected chi connectivity index (χ0v) is 10.2. The molecule has 2 atom stereocenters. The van der Waals surface area contributed by atoms with Gasteiger partial charge in [0, 0.05) is 12.0 Å². The number of carbonyl (C=O) groups excluding carboxylic acids is 1. The molecule has 1 N–H and O–H groups in total. The molecule has 0 radical (unpaired) electrons. The van der Waals surface area contributed by atoms with E-state index in [2.05, 4.69) is 0 Å². The van der Waals surface area contributed by atoms with Crippen LogP contribution in [0.5, 0.6) is 0 Å². The second-order valence-electron chi connectivity index (χ2n) is 3.87. The Morgan fingerprint density at radius 1 is 1.24 bits per heavy atom. The quantitative estimate of drug-likeness (QED) is 0.806. The lowest BCUT2D eigenvalue weighted by Crippen LogP contribution is -2.48. The molecule has 1 rings (SSSR count). The Kier molecular flexibility index (Phi) is 4.43. The smallest absolute Gasteiger partial charge is 0.281 e. The summed E-state index contributed by atoms with van der Waals surface area (Å²) in [5.41, 5.74) is -5.37. The monoisotopic (exact) mass is 293 g/mol. The third-order valence-corrected chi connectivity index (χ3v) is 4.17. The number of carbonyl (C=O) groups is 1.